The van der Waals surface area contributed by atoms with Gasteiger partial charge in [-0.3, -0.25) is 0 Å². The maximum absolute atomic E-state index is 5.59. The van der Waals surface area contributed by atoms with E-state index in [2.05, 4.69) is 28.3 Å². The van der Waals surface area contributed by atoms with E-state index in [-0.39, 0.29) is 0 Å². The molecule has 0 aliphatic heterocycles. The molecule has 3 heteroatoms. The molecule has 0 fully saturated rings. The predicted octanol–water partition coefficient (Wildman–Crippen LogP) is 3.04. The van der Waals surface area contributed by atoms with Gasteiger partial charge in [-0.15, -0.1) is 11.6 Å². The Morgan fingerprint density at radius 3 is 2.50 bits per heavy atom. The minimum absolute atomic E-state index is 0.651. The summed E-state index contributed by atoms with van der Waals surface area (Å²) in [6, 6.07) is 10.3. The summed E-state index contributed by atoms with van der Waals surface area (Å²) in [7, 11) is 0. The van der Waals surface area contributed by atoms with Gasteiger partial charge in [-0.2, -0.15) is 0 Å². The quantitative estimate of drug-likeness (QED) is 0.585. The molecule has 0 aromatic heterocycles. The highest BCUT2D eigenvalue weighted by Crippen LogP contribution is 2.07. The molecule has 66 valence electrons. The zero-order valence-electron chi connectivity index (χ0n) is 6.71. The highest BCUT2D eigenvalue weighted by Gasteiger charge is 1.99. The van der Waals surface area contributed by atoms with E-state index in [0.29, 0.717) is 5.88 Å². The van der Waals surface area contributed by atoms with E-state index in [0.717, 1.165) is 13.1 Å². The molecule has 1 nitrogen and oxygen atoms in total. The molecule has 0 N–H and O–H groups in total. The Bertz CT molecular complexity index is 215. The first kappa shape index (κ1) is 10.0. The van der Waals surface area contributed by atoms with E-state index in [1.807, 2.05) is 22.1 Å². The lowest BCUT2D eigenvalue weighted by Crippen LogP contribution is -2.13. The number of alkyl halides is 1. The van der Waals surface area contributed by atoms with Crippen LogP contribution in [0.15, 0.2) is 30.3 Å². The van der Waals surface area contributed by atoms with Crippen molar-refractivity contribution in [3.63, 3.8) is 0 Å². The van der Waals surface area contributed by atoms with E-state index in [9.17, 15) is 0 Å². The molecule has 0 unspecified atom stereocenters. The second-order valence-corrected chi connectivity index (χ2v) is 3.90. The molecular formula is C9H11BrClN. The summed E-state index contributed by atoms with van der Waals surface area (Å²) in [5.74, 6) is 0.651. The third kappa shape index (κ3) is 3.57. The fraction of sp³-hybridized carbons (Fsp3) is 0.333. The van der Waals surface area contributed by atoms with Gasteiger partial charge in [0.1, 0.15) is 0 Å². The van der Waals surface area contributed by atoms with Gasteiger partial charge in [0.2, 0.25) is 0 Å². The highest BCUT2D eigenvalue weighted by atomic mass is 79.9. The Morgan fingerprint density at radius 1 is 1.25 bits per heavy atom. The van der Waals surface area contributed by atoms with Crippen molar-refractivity contribution in [2.24, 2.45) is 0 Å². The van der Waals surface area contributed by atoms with E-state index in [1.165, 1.54) is 5.56 Å². The van der Waals surface area contributed by atoms with Crippen LogP contribution in [0.4, 0.5) is 0 Å². The lowest BCUT2D eigenvalue weighted by Gasteiger charge is -2.11. The summed E-state index contributed by atoms with van der Waals surface area (Å²) in [6.07, 6.45) is 0. The molecule has 0 saturated heterocycles. The summed E-state index contributed by atoms with van der Waals surface area (Å²) >= 11 is 9.01. The molecule has 0 radical (unpaired) electrons. The third-order valence-electron chi connectivity index (χ3n) is 1.52. The van der Waals surface area contributed by atoms with Crippen molar-refractivity contribution in [1.82, 2.24) is 3.93 Å². The number of hydrogen-bond donors (Lipinski definition) is 0. The first-order valence-electron chi connectivity index (χ1n) is 3.83. The van der Waals surface area contributed by atoms with Crippen molar-refractivity contribution >= 4 is 27.7 Å². The van der Waals surface area contributed by atoms with Gasteiger partial charge in [0.15, 0.2) is 0 Å². The summed E-state index contributed by atoms with van der Waals surface area (Å²) in [5, 5.41) is 0. The van der Waals surface area contributed by atoms with E-state index in [4.69, 9.17) is 11.6 Å². The first-order valence-corrected chi connectivity index (χ1v) is 5.08. The molecule has 0 heterocycles. The molecule has 1 aromatic rings. The molecule has 1 aromatic carbocycles. The Hall–Kier alpha value is -0.0500. The third-order valence-corrected chi connectivity index (χ3v) is 2.30. The Morgan fingerprint density at radius 2 is 1.92 bits per heavy atom. The minimum atomic E-state index is 0.651. The minimum Gasteiger partial charge on any atom is -0.237 e. The maximum atomic E-state index is 5.59. The molecule has 0 saturated carbocycles. The van der Waals surface area contributed by atoms with E-state index < -0.39 is 0 Å². The summed E-state index contributed by atoms with van der Waals surface area (Å²) in [5.41, 5.74) is 1.29. The van der Waals surface area contributed by atoms with Crippen molar-refractivity contribution in [2.75, 3.05) is 12.4 Å². The summed E-state index contributed by atoms with van der Waals surface area (Å²) in [4.78, 5) is 0. The zero-order valence-corrected chi connectivity index (χ0v) is 9.05. The van der Waals surface area contributed by atoms with E-state index in [1.54, 1.807) is 0 Å². The normalized spacial score (nSPS) is 10.6. The van der Waals surface area contributed by atoms with Gasteiger partial charge in [-0.25, -0.2) is 3.93 Å². The number of benzene rings is 1. The SMILES string of the molecule is ClCCN(Br)Cc1ccccc1. The van der Waals surface area contributed by atoms with Crippen LogP contribution in [-0.4, -0.2) is 16.4 Å². The van der Waals surface area contributed by atoms with Crippen LogP contribution >= 0.6 is 27.7 Å². The van der Waals surface area contributed by atoms with Gasteiger partial charge in [0.25, 0.3) is 0 Å². The van der Waals surface area contributed by atoms with Crippen molar-refractivity contribution in [1.29, 1.82) is 0 Å². The van der Waals surface area contributed by atoms with Crippen molar-refractivity contribution in [3.8, 4) is 0 Å². The first-order chi connectivity index (χ1) is 5.83. The lowest BCUT2D eigenvalue weighted by atomic mass is 10.2. The van der Waals surface area contributed by atoms with Crippen LogP contribution in [0, 0.1) is 0 Å². The molecule has 0 amide bonds. The van der Waals surface area contributed by atoms with E-state index >= 15 is 0 Å². The Labute approximate surface area is 86.7 Å². The lowest BCUT2D eigenvalue weighted by molar-refractivity contribution is 0.514. The molecule has 1 rings (SSSR count). The molecule has 0 aliphatic rings. The average Bonchev–Trinajstić information content (AvgIpc) is 2.06. The van der Waals surface area contributed by atoms with Crippen molar-refractivity contribution in [3.05, 3.63) is 35.9 Å². The van der Waals surface area contributed by atoms with Gasteiger partial charge in [-0.05, 0) is 5.56 Å². The van der Waals surface area contributed by atoms with Crippen LogP contribution in [0.5, 0.6) is 0 Å². The standard InChI is InChI=1S/C9H11BrClN/c10-12(7-6-11)8-9-4-2-1-3-5-9/h1-5H,6-8H2. The van der Waals surface area contributed by atoms with Crippen molar-refractivity contribution < 1.29 is 0 Å². The van der Waals surface area contributed by atoms with Gasteiger partial charge in [-0.1, -0.05) is 30.3 Å². The fourth-order valence-corrected chi connectivity index (χ4v) is 1.83. The summed E-state index contributed by atoms with van der Waals surface area (Å²) < 4.78 is 2.02. The fourth-order valence-electron chi connectivity index (χ4n) is 0.952. The number of hydrogen-bond acceptors (Lipinski definition) is 1. The molecular weight excluding hydrogens is 237 g/mol. The molecule has 0 spiro atoms. The maximum Gasteiger partial charge on any atom is 0.0360 e. The van der Waals surface area contributed by atoms with Gasteiger partial charge >= 0.3 is 0 Å². The van der Waals surface area contributed by atoms with Gasteiger partial charge in [0, 0.05) is 35.1 Å². The van der Waals surface area contributed by atoms with Crippen molar-refractivity contribution in [2.45, 2.75) is 6.54 Å². The highest BCUT2D eigenvalue weighted by molar-refractivity contribution is 9.07. The second-order valence-electron chi connectivity index (χ2n) is 2.52. The largest absolute Gasteiger partial charge is 0.237 e. The van der Waals surface area contributed by atoms with Gasteiger partial charge in [0.05, 0.1) is 0 Å². The Kier molecular flexibility index (Phi) is 4.66. The molecule has 0 aliphatic carbocycles. The number of halogens is 2. The number of nitrogens with zero attached hydrogens (tertiary/aromatic N) is 1. The second kappa shape index (κ2) is 5.57. The summed E-state index contributed by atoms with van der Waals surface area (Å²) in [6.45, 7) is 1.75. The smallest absolute Gasteiger partial charge is 0.0360 e. The Balaban J connectivity index is 2.41. The van der Waals surface area contributed by atoms with Gasteiger partial charge < -0.3 is 0 Å². The molecule has 0 bridgehead atoms. The monoisotopic (exact) mass is 247 g/mol. The number of rotatable bonds is 4. The van der Waals surface area contributed by atoms with Crippen LogP contribution < -0.4 is 0 Å². The molecule has 0 atom stereocenters. The van der Waals surface area contributed by atoms with Crippen LogP contribution in [0.3, 0.4) is 0 Å². The van der Waals surface area contributed by atoms with Crippen LogP contribution in [-0.2, 0) is 6.54 Å². The average molecular weight is 249 g/mol. The predicted molar refractivity (Wildman–Crippen MR) is 56.5 cm³/mol. The molecule has 12 heavy (non-hydrogen) atoms. The van der Waals surface area contributed by atoms with Crippen LogP contribution in [0.2, 0.25) is 0 Å². The van der Waals surface area contributed by atoms with Crippen LogP contribution in [0.1, 0.15) is 5.56 Å². The topological polar surface area (TPSA) is 3.24 Å². The zero-order chi connectivity index (χ0) is 8.81. The van der Waals surface area contributed by atoms with Crippen LogP contribution in [0.25, 0.3) is 0 Å².